The van der Waals surface area contributed by atoms with E-state index in [9.17, 15) is 0 Å². The van der Waals surface area contributed by atoms with Gasteiger partial charge < -0.3 is 10.1 Å². The summed E-state index contributed by atoms with van der Waals surface area (Å²) in [7, 11) is 1.69. The van der Waals surface area contributed by atoms with E-state index >= 15 is 0 Å². The third-order valence-corrected chi connectivity index (χ3v) is 3.63. The molecule has 1 fully saturated rings. The van der Waals surface area contributed by atoms with Crippen molar-refractivity contribution in [1.82, 2.24) is 5.32 Å². The maximum absolute atomic E-state index is 6.21. The van der Waals surface area contributed by atoms with Crippen LogP contribution in [0, 0.1) is 6.92 Å². The number of benzene rings is 1. The van der Waals surface area contributed by atoms with Gasteiger partial charge in [-0.15, -0.1) is 0 Å². The van der Waals surface area contributed by atoms with Crippen LogP contribution in [0.4, 0.5) is 0 Å². The molecule has 3 heteroatoms. The number of piperidine rings is 1. The van der Waals surface area contributed by atoms with Gasteiger partial charge >= 0.3 is 0 Å². The van der Waals surface area contributed by atoms with Crippen LogP contribution >= 0.6 is 11.6 Å². The molecule has 1 N–H and O–H groups in total. The first-order chi connectivity index (χ1) is 8.20. The maximum atomic E-state index is 6.21. The van der Waals surface area contributed by atoms with Gasteiger partial charge in [0.1, 0.15) is 5.75 Å². The second kappa shape index (κ2) is 5.74. The van der Waals surface area contributed by atoms with Gasteiger partial charge in [0, 0.05) is 6.04 Å². The van der Waals surface area contributed by atoms with Crippen molar-refractivity contribution in [3.05, 3.63) is 28.3 Å². The molecule has 94 valence electrons. The summed E-state index contributed by atoms with van der Waals surface area (Å²) in [5.41, 5.74) is 2.42. The van der Waals surface area contributed by atoms with Crippen molar-refractivity contribution < 1.29 is 4.74 Å². The molecule has 1 aliphatic heterocycles. The summed E-state index contributed by atoms with van der Waals surface area (Å²) in [4.78, 5) is 0. The zero-order valence-corrected chi connectivity index (χ0v) is 11.3. The van der Waals surface area contributed by atoms with Gasteiger partial charge in [0.2, 0.25) is 0 Å². The van der Waals surface area contributed by atoms with Crippen LogP contribution in [-0.4, -0.2) is 19.7 Å². The Hall–Kier alpha value is -0.730. The summed E-state index contributed by atoms with van der Waals surface area (Å²) in [6.45, 7) is 3.20. The van der Waals surface area contributed by atoms with Crippen LogP contribution in [-0.2, 0) is 6.42 Å². The van der Waals surface area contributed by atoms with E-state index in [1.165, 1.54) is 30.4 Å². The molecule has 1 unspecified atom stereocenters. The third-order valence-electron chi connectivity index (χ3n) is 3.35. The summed E-state index contributed by atoms with van der Waals surface area (Å²) >= 11 is 6.21. The number of halogens is 1. The fourth-order valence-electron chi connectivity index (χ4n) is 2.54. The second-order valence-corrected chi connectivity index (χ2v) is 5.20. The Bertz CT molecular complexity index is 386. The van der Waals surface area contributed by atoms with Gasteiger partial charge in [-0.05, 0) is 49.9 Å². The average molecular weight is 254 g/mol. The van der Waals surface area contributed by atoms with E-state index in [0.717, 1.165) is 23.7 Å². The Morgan fingerprint density at radius 3 is 2.88 bits per heavy atom. The lowest BCUT2D eigenvalue weighted by Gasteiger charge is -2.24. The molecule has 1 saturated heterocycles. The lowest BCUT2D eigenvalue weighted by atomic mass is 9.96. The van der Waals surface area contributed by atoms with Crippen molar-refractivity contribution in [2.75, 3.05) is 13.7 Å². The lowest BCUT2D eigenvalue weighted by Crippen LogP contribution is -2.35. The lowest BCUT2D eigenvalue weighted by molar-refractivity contribution is 0.381. The monoisotopic (exact) mass is 253 g/mol. The minimum Gasteiger partial charge on any atom is -0.495 e. The fraction of sp³-hybridized carbons (Fsp3) is 0.571. The van der Waals surface area contributed by atoms with Crippen LogP contribution in [0.3, 0.4) is 0 Å². The predicted octanol–water partition coefficient (Wildman–Crippen LogP) is 3.34. The normalized spacial score (nSPS) is 20.3. The molecule has 0 aliphatic carbocycles. The number of aryl methyl sites for hydroxylation is 1. The number of methoxy groups -OCH3 is 1. The van der Waals surface area contributed by atoms with Crippen LogP contribution in [0.5, 0.6) is 5.75 Å². The van der Waals surface area contributed by atoms with Gasteiger partial charge in [0.25, 0.3) is 0 Å². The number of rotatable bonds is 3. The van der Waals surface area contributed by atoms with Crippen molar-refractivity contribution >= 4 is 11.6 Å². The molecule has 1 aromatic rings. The Balaban J connectivity index is 2.18. The Morgan fingerprint density at radius 2 is 2.24 bits per heavy atom. The summed E-state index contributed by atoms with van der Waals surface area (Å²) in [5.74, 6) is 0.838. The molecule has 0 spiro atoms. The zero-order valence-electron chi connectivity index (χ0n) is 10.6. The summed E-state index contributed by atoms with van der Waals surface area (Å²) in [6.07, 6.45) is 4.86. The first-order valence-electron chi connectivity index (χ1n) is 6.27. The van der Waals surface area contributed by atoms with Crippen molar-refractivity contribution in [1.29, 1.82) is 0 Å². The highest BCUT2D eigenvalue weighted by Gasteiger charge is 2.17. The topological polar surface area (TPSA) is 21.3 Å². The number of hydrogen-bond donors (Lipinski definition) is 1. The number of nitrogens with one attached hydrogen (secondary N) is 1. The largest absolute Gasteiger partial charge is 0.495 e. The van der Waals surface area contributed by atoms with E-state index in [-0.39, 0.29) is 0 Å². The average Bonchev–Trinajstić information content (AvgIpc) is 2.30. The summed E-state index contributed by atoms with van der Waals surface area (Å²) < 4.78 is 5.41. The van der Waals surface area contributed by atoms with E-state index < -0.39 is 0 Å². The SMILES string of the molecule is COc1c(Cl)cc(C)cc1CC1CCCCN1. The summed E-state index contributed by atoms with van der Waals surface area (Å²) in [5, 5.41) is 4.28. The molecule has 1 atom stereocenters. The molecular weight excluding hydrogens is 234 g/mol. The third kappa shape index (κ3) is 3.14. The molecule has 0 amide bonds. The van der Waals surface area contributed by atoms with Crippen LogP contribution in [0.25, 0.3) is 0 Å². The van der Waals surface area contributed by atoms with Crippen molar-refractivity contribution in [2.45, 2.75) is 38.6 Å². The molecular formula is C14H20ClNO. The molecule has 1 heterocycles. The highest BCUT2D eigenvalue weighted by molar-refractivity contribution is 6.32. The minimum atomic E-state index is 0.565. The Labute approximate surface area is 108 Å². The molecule has 17 heavy (non-hydrogen) atoms. The van der Waals surface area contributed by atoms with Crippen LogP contribution < -0.4 is 10.1 Å². The maximum Gasteiger partial charge on any atom is 0.140 e. The molecule has 1 aromatic carbocycles. The van der Waals surface area contributed by atoms with E-state index in [4.69, 9.17) is 16.3 Å². The molecule has 1 aliphatic rings. The predicted molar refractivity (Wildman–Crippen MR) is 72.1 cm³/mol. The van der Waals surface area contributed by atoms with Crippen molar-refractivity contribution in [3.63, 3.8) is 0 Å². The first kappa shape index (κ1) is 12.7. The highest BCUT2D eigenvalue weighted by atomic mass is 35.5. The van der Waals surface area contributed by atoms with Gasteiger partial charge in [0.15, 0.2) is 0 Å². The highest BCUT2D eigenvalue weighted by Crippen LogP contribution is 2.31. The van der Waals surface area contributed by atoms with Gasteiger partial charge in [0.05, 0.1) is 12.1 Å². The van der Waals surface area contributed by atoms with Crippen LogP contribution in [0.2, 0.25) is 5.02 Å². The standard InChI is InChI=1S/C14H20ClNO/c1-10-7-11(14(17-2)13(15)8-10)9-12-5-3-4-6-16-12/h7-8,12,16H,3-6,9H2,1-2H3. The number of hydrogen-bond acceptors (Lipinski definition) is 2. The molecule has 0 radical (unpaired) electrons. The zero-order chi connectivity index (χ0) is 12.3. The molecule has 0 saturated carbocycles. The van der Waals surface area contributed by atoms with Crippen molar-refractivity contribution in [3.8, 4) is 5.75 Å². The smallest absolute Gasteiger partial charge is 0.140 e. The van der Waals surface area contributed by atoms with Gasteiger partial charge in [-0.25, -0.2) is 0 Å². The molecule has 2 rings (SSSR count). The van der Waals surface area contributed by atoms with E-state index in [1.807, 2.05) is 6.07 Å². The fourth-order valence-corrected chi connectivity index (χ4v) is 2.92. The van der Waals surface area contributed by atoms with E-state index in [1.54, 1.807) is 7.11 Å². The van der Waals surface area contributed by atoms with Crippen LogP contribution in [0.15, 0.2) is 12.1 Å². The Kier molecular flexibility index (Phi) is 4.30. The Morgan fingerprint density at radius 1 is 1.41 bits per heavy atom. The van der Waals surface area contributed by atoms with Crippen molar-refractivity contribution in [2.24, 2.45) is 0 Å². The van der Waals surface area contributed by atoms with Crippen LogP contribution in [0.1, 0.15) is 30.4 Å². The molecule has 0 aromatic heterocycles. The van der Waals surface area contributed by atoms with Gasteiger partial charge in [-0.3, -0.25) is 0 Å². The minimum absolute atomic E-state index is 0.565. The van der Waals surface area contributed by atoms with E-state index in [0.29, 0.717) is 6.04 Å². The summed E-state index contributed by atoms with van der Waals surface area (Å²) in [6, 6.07) is 4.70. The molecule has 0 bridgehead atoms. The van der Waals surface area contributed by atoms with E-state index in [2.05, 4.69) is 18.3 Å². The first-order valence-corrected chi connectivity index (χ1v) is 6.65. The molecule has 2 nitrogen and oxygen atoms in total. The quantitative estimate of drug-likeness (QED) is 0.892. The van der Waals surface area contributed by atoms with Gasteiger partial charge in [-0.1, -0.05) is 24.1 Å². The van der Waals surface area contributed by atoms with Gasteiger partial charge in [-0.2, -0.15) is 0 Å². The number of ether oxygens (including phenoxy) is 1. The second-order valence-electron chi connectivity index (χ2n) is 4.79.